The summed E-state index contributed by atoms with van der Waals surface area (Å²) in [5, 5.41) is 16.7. The third-order valence-electron chi connectivity index (χ3n) is 4.86. The third-order valence-corrected chi connectivity index (χ3v) is 4.86. The van der Waals surface area contributed by atoms with Gasteiger partial charge in [0.2, 0.25) is 0 Å². The van der Waals surface area contributed by atoms with Crippen LogP contribution in [0.4, 0.5) is 0 Å². The number of para-hydroxylation sites is 1. The van der Waals surface area contributed by atoms with Gasteiger partial charge in [-0.3, -0.25) is 4.79 Å². The zero-order valence-electron chi connectivity index (χ0n) is 16.1. The predicted molar refractivity (Wildman–Crippen MR) is 108 cm³/mol. The number of amides is 1. The predicted octanol–water partition coefficient (Wildman–Crippen LogP) is 2.38. The van der Waals surface area contributed by atoms with Crippen LogP contribution in [0.5, 0.6) is 11.5 Å². The van der Waals surface area contributed by atoms with Gasteiger partial charge >= 0.3 is 0 Å². The van der Waals surface area contributed by atoms with Gasteiger partial charge in [0.05, 0.1) is 6.04 Å². The SMILES string of the molecule is CNCCOc1cccc(C(=O)N[C@@H]2CCC[C@@H](Oc3ccccc3)[C@@H]2O)c1. The van der Waals surface area contributed by atoms with E-state index < -0.39 is 6.10 Å². The Morgan fingerprint density at radius 1 is 1.11 bits per heavy atom. The molecule has 28 heavy (non-hydrogen) atoms. The molecular formula is C22H28N2O4. The first kappa shape index (κ1) is 20.2. The van der Waals surface area contributed by atoms with Crippen molar-refractivity contribution in [1.82, 2.24) is 10.6 Å². The van der Waals surface area contributed by atoms with E-state index in [9.17, 15) is 9.90 Å². The molecule has 3 atom stereocenters. The van der Waals surface area contributed by atoms with Crippen LogP contribution in [0.15, 0.2) is 54.6 Å². The Labute approximate surface area is 165 Å². The van der Waals surface area contributed by atoms with E-state index in [1.807, 2.05) is 43.4 Å². The van der Waals surface area contributed by atoms with Crippen molar-refractivity contribution < 1.29 is 19.4 Å². The van der Waals surface area contributed by atoms with Gasteiger partial charge in [-0.05, 0) is 56.6 Å². The van der Waals surface area contributed by atoms with Crippen molar-refractivity contribution in [2.24, 2.45) is 0 Å². The molecule has 0 bridgehead atoms. The molecular weight excluding hydrogens is 356 g/mol. The Kier molecular flexibility index (Phi) is 7.28. The van der Waals surface area contributed by atoms with Crippen molar-refractivity contribution in [3.05, 3.63) is 60.2 Å². The number of aliphatic hydroxyl groups excluding tert-OH is 1. The van der Waals surface area contributed by atoms with Gasteiger partial charge in [0.15, 0.2) is 0 Å². The molecule has 1 amide bonds. The highest BCUT2D eigenvalue weighted by molar-refractivity contribution is 5.94. The highest BCUT2D eigenvalue weighted by Crippen LogP contribution is 2.25. The number of likely N-dealkylation sites (N-methyl/N-ethyl adjacent to an activating group) is 1. The van der Waals surface area contributed by atoms with E-state index in [4.69, 9.17) is 9.47 Å². The maximum absolute atomic E-state index is 12.7. The van der Waals surface area contributed by atoms with Gasteiger partial charge < -0.3 is 25.2 Å². The molecule has 0 heterocycles. The quantitative estimate of drug-likeness (QED) is 0.609. The molecule has 3 rings (SSSR count). The summed E-state index contributed by atoms with van der Waals surface area (Å²) in [5.74, 6) is 1.16. The smallest absolute Gasteiger partial charge is 0.251 e. The molecule has 3 N–H and O–H groups in total. The van der Waals surface area contributed by atoms with Gasteiger partial charge in [-0.15, -0.1) is 0 Å². The average Bonchev–Trinajstić information content (AvgIpc) is 2.72. The molecule has 2 aromatic rings. The van der Waals surface area contributed by atoms with E-state index in [0.29, 0.717) is 17.9 Å². The van der Waals surface area contributed by atoms with Crippen LogP contribution in [0.2, 0.25) is 0 Å². The second-order valence-corrected chi connectivity index (χ2v) is 6.95. The van der Waals surface area contributed by atoms with Crippen LogP contribution in [0.1, 0.15) is 29.6 Å². The van der Waals surface area contributed by atoms with Crippen LogP contribution in [0, 0.1) is 0 Å². The Hall–Kier alpha value is -2.57. The molecule has 1 aliphatic carbocycles. The first-order chi connectivity index (χ1) is 13.7. The maximum Gasteiger partial charge on any atom is 0.251 e. The van der Waals surface area contributed by atoms with E-state index >= 15 is 0 Å². The topological polar surface area (TPSA) is 79.8 Å². The number of carbonyl (C=O) groups excluding carboxylic acids is 1. The summed E-state index contributed by atoms with van der Waals surface area (Å²) in [7, 11) is 1.86. The highest BCUT2D eigenvalue weighted by Gasteiger charge is 2.34. The number of hydrogen-bond acceptors (Lipinski definition) is 5. The summed E-state index contributed by atoms with van der Waals surface area (Å²) in [6.07, 6.45) is 1.27. The normalized spacial score (nSPS) is 21.7. The van der Waals surface area contributed by atoms with Crippen LogP contribution >= 0.6 is 0 Å². The summed E-state index contributed by atoms with van der Waals surface area (Å²) < 4.78 is 11.6. The molecule has 6 heteroatoms. The number of aliphatic hydroxyl groups is 1. The highest BCUT2D eigenvalue weighted by atomic mass is 16.5. The van der Waals surface area contributed by atoms with Crippen molar-refractivity contribution in [2.45, 2.75) is 37.5 Å². The Morgan fingerprint density at radius 3 is 2.68 bits per heavy atom. The van der Waals surface area contributed by atoms with Gasteiger partial charge in [0.25, 0.3) is 5.91 Å². The lowest BCUT2D eigenvalue weighted by Gasteiger charge is -2.35. The number of nitrogens with one attached hydrogen (secondary N) is 2. The molecule has 0 aromatic heterocycles. The maximum atomic E-state index is 12.7. The standard InChI is InChI=1S/C22H28N2O4/c1-23-13-14-27-18-10-5-7-16(15-18)22(26)24-19-11-6-12-20(21(19)25)28-17-8-3-2-4-9-17/h2-5,7-10,15,19-21,23,25H,6,11-14H2,1H3,(H,24,26)/t19-,20-,21-/m1/s1. The van der Waals surface area contributed by atoms with Gasteiger partial charge in [-0.2, -0.15) is 0 Å². The van der Waals surface area contributed by atoms with E-state index in [0.717, 1.165) is 31.6 Å². The molecule has 0 radical (unpaired) electrons. The molecule has 2 aromatic carbocycles. The fourth-order valence-corrected chi connectivity index (χ4v) is 3.35. The number of hydrogen-bond donors (Lipinski definition) is 3. The lowest BCUT2D eigenvalue weighted by atomic mass is 9.89. The first-order valence-corrected chi connectivity index (χ1v) is 9.75. The van der Waals surface area contributed by atoms with Crippen molar-refractivity contribution in [2.75, 3.05) is 20.2 Å². The second kappa shape index (κ2) is 10.1. The Morgan fingerprint density at radius 2 is 1.89 bits per heavy atom. The molecule has 1 saturated carbocycles. The lowest BCUT2D eigenvalue weighted by Crippen LogP contribution is -2.52. The molecule has 0 spiro atoms. The van der Waals surface area contributed by atoms with Crippen molar-refractivity contribution in [3.63, 3.8) is 0 Å². The van der Waals surface area contributed by atoms with E-state index in [1.165, 1.54) is 0 Å². The number of rotatable bonds is 8. The minimum Gasteiger partial charge on any atom is -0.492 e. The van der Waals surface area contributed by atoms with Crippen LogP contribution < -0.4 is 20.1 Å². The summed E-state index contributed by atoms with van der Waals surface area (Å²) in [6, 6.07) is 16.2. The lowest BCUT2D eigenvalue weighted by molar-refractivity contribution is -0.0140. The van der Waals surface area contributed by atoms with Gasteiger partial charge in [0.1, 0.15) is 30.3 Å². The Balaban J connectivity index is 1.59. The van der Waals surface area contributed by atoms with Crippen molar-refractivity contribution in [1.29, 1.82) is 0 Å². The number of carbonyl (C=O) groups is 1. The fourth-order valence-electron chi connectivity index (χ4n) is 3.35. The van der Waals surface area contributed by atoms with Gasteiger partial charge in [-0.25, -0.2) is 0 Å². The average molecular weight is 384 g/mol. The molecule has 0 aliphatic heterocycles. The largest absolute Gasteiger partial charge is 0.492 e. The fraction of sp³-hybridized carbons (Fsp3) is 0.409. The number of ether oxygens (including phenoxy) is 2. The van der Waals surface area contributed by atoms with E-state index in [1.54, 1.807) is 18.2 Å². The van der Waals surface area contributed by atoms with Gasteiger partial charge in [0, 0.05) is 12.1 Å². The zero-order chi connectivity index (χ0) is 19.8. The van der Waals surface area contributed by atoms with E-state index in [-0.39, 0.29) is 18.1 Å². The molecule has 1 aliphatic rings. The van der Waals surface area contributed by atoms with Crippen molar-refractivity contribution >= 4 is 5.91 Å². The molecule has 6 nitrogen and oxygen atoms in total. The summed E-state index contributed by atoms with van der Waals surface area (Å²) in [4.78, 5) is 12.7. The van der Waals surface area contributed by atoms with Crippen LogP contribution in [-0.4, -0.2) is 49.5 Å². The summed E-state index contributed by atoms with van der Waals surface area (Å²) in [6.45, 7) is 1.26. The van der Waals surface area contributed by atoms with Crippen molar-refractivity contribution in [3.8, 4) is 11.5 Å². The third kappa shape index (κ3) is 5.47. The van der Waals surface area contributed by atoms with E-state index in [2.05, 4.69) is 10.6 Å². The zero-order valence-corrected chi connectivity index (χ0v) is 16.1. The van der Waals surface area contributed by atoms with Crippen LogP contribution in [-0.2, 0) is 0 Å². The number of benzene rings is 2. The summed E-state index contributed by atoms with van der Waals surface area (Å²) >= 11 is 0. The van der Waals surface area contributed by atoms with Crippen LogP contribution in [0.25, 0.3) is 0 Å². The Bertz CT molecular complexity index is 753. The molecule has 0 saturated heterocycles. The first-order valence-electron chi connectivity index (χ1n) is 9.75. The molecule has 1 fully saturated rings. The summed E-state index contributed by atoms with van der Waals surface area (Å²) in [5.41, 5.74) is 0.514. The second-order valence-electron chi connectivity index (χ2n) is 6.95. The van der Waals surface area contributed by atoms with Gasteiger partial charge in [-0.1, -0.05) is 24.3 Å². The molecule has 0 unspecified atom stereocenters. The minimum atomic E-state index is -0.757. The minimum absolute atomic E-state index is 0.219. The van der Waals surface area contributed by atoms with Crippen LogP contribution in [0.3, 0.4) is 0 Å². The monoisotopic (exact) mass is 384 g/mol. The molecule has 150 valence electrons.